The van der Waals surface area contributed by atoms with Crippen molar-refractivity contribution in [1.29, 1.82) is 0 Å². The Labute approximate surface area is 231 Å². The highest BCUT2D eigenvalue weighted by molar-refractivity contribution is 6.34. The number of ether oxygens (including phenoxy) is 1. The molecule has 0 aliphatic carbocycles. The third kappa shape index (κ3) is 5.67. The lowest BCUT2D eigenvalue weighted by Crippen LogP contribution is -2.43. The van der Waals surface area contributed by atoms with Gasteiger partial charge in [-0.1, -0.05) is 61.8 Å². The summed E-state index contributed by atoms with van der Waals surface area (Å²) in [5.74, 6) is -0.997. The first-order valence-electron chi connectivity index (χ1n) is 12.7. The molecule has 2 aromatic heterocycles. The van der Waals surface area contributed by atoms with Crippen LogP contribution in [-0.2, 0) is 6.54 Å². The molecule has 0 aliphatic rings. The van der Waals surface area contributed by atoms with Crippen LogP contribution < -0.4 is 16.2 Å². The minimum Gasteiger partial charge on any atom is -0.479 e. The van der Waals surface area contributed by atoms with E-state index in [9.17, 15) is 14.0 Å². The van der Waals surface area contributed by atoms with E-state index in [0.29, 0.717) is 24.4 Å². The van der Waals surface area contributed by atoms with Crippen LogP contribution in [0.3, 0.4) is 0 Å². The Morgan fingerprint density at radius 2 is 1.92 bits per heavy atom. The summed E-state index contributed by atoms with van der Waals surface area (Å²) < 4.78 is 22.8. The number of nitrogens with zero attached hydrogens (tertiary/aromatic N) is 5. The molecular formula is C28H32ClFN6O3. The van der Waals surface area contributed by atoms with Gasteiger partial charge in [0.25, 0.3) is 11.8 Å². The quantitative estimate of drug-likeness (QED) is 0.314. The van der Waals surface area contributed by atoms with Crippen molar-refractivity contribution in [1.82, 2.24) is 24.1 Å². The SMILES string of the molecule is COc1nn2c(=O)n(Cc3ccccc3)c([C@H](C(C)C)N(CCCN)C(=O)c3ccc(C)cc3F)nc2c1Cl. The van der Waals surface area contributed by atoms with Gasteiger partial charge in [-0.25, -0.2) is 14.2 Å². The second-order valence-corrected chi connectivity index (χ2v) is 10.1. The zero-order valence-corrected chi connectivity index (χ0v) is 23.2. The van der Waals surface area contributed by atoms with Crippen LogP contribution in [0.25, 0.3) is 5.65 Å². The van der Waals surface area contributed by atoms with Crippen molar-refractivity contribution in [2.75, 3.05) is 20.2 Å². The van der Waals surface area contributed by atoms with Gasteiger partial charge < -0.3 is 15.4 Å². The van der Waals surface area contributed by atoms with Gasteiger partial charge in [0.2, 0.25) is 0 Å². The summed E-state index contributed by atoms with van der Waals surface area (Å²) in [6, 6.07) is 13.2. The van der Waals surface area contributed by atoms with E-state index in [1.54, 1.807) is 17.9 Å². The number of fused-ring (bicyclic) bond motifs is 1. The molecule has 11 heteroatoms. The Balaban J connectivity index is 1.97. The van der Waals surface area contributed by atoms with Crippen molar-refractivity contribution < 1.29 is 13.9 Å². The largest absolute Gasteiger partial charge is 0.479 e. The van der Waals surface area contributed by atoms with Crippen LogP contribution in [0, 0.1) is 18.7 Å². The average Bonchev–Trinajstić information content (AvgIpc) is 3.23. The van der Waals surface area contributed by atoms with Crippen LogP contribution in [0.15, 0.2) is 53.3 Å². The fourth-order valence-corrected chi connectivity index (χ4v) is 4.86. The molecule has 0 unspecified atom stereocenters. The molecule has 0 bridgehead atoms. The summed E-state index contributed by atoms with van der Waals surface area (Å²) in [5, 5.41) is 4.27. The van der Waals surface area contributed by atoms with Gasteiger partial charge in [-0.3, -0.25) is 9.36 Å². The van der Waals surface area contributed by atoms with Gasteiger partial charge in [0, 0.05) is 6.54 Å². The molecule has 206 valence electrons. The zero-order valence-electron chi connectivity index (χ0n) is 22.4. The number of carbonyl (C=O) groups is 1. The molecule has 2 N–H and O–H groups in total. The number of aryl methyl sites for hydroxylation is 1. The lowest BCUT2D eigenvalue weighted by molar-refractivity contribution is 0.0597. The maximum atomic E-state index is 15.0. The normalized spacial score (nSPS) is 12.2. The zero-order chi connectivity index (χ0) is 28.3. The highest BCUT2D eigenvalue weighted by Gasteiger charge is 2.34. The van der Waals surface area contributed by atoms with Gasteiger partial charge >= 0.3 is 5.69 Å². The van der Waals surface area contributed by atoms with Gasteiger partial charge in [0.05, 0.1) is 25.3 Å². The number of carbonyl (C=O) groups excluding carboxylic acids is 1. The second-order valence-electron chi connectivity index (χ2n) is 9.70. The Morgan fingerprint density at radius 3 is 2.54 bits per heavy atom. The Bertz CT molecular complexity index is 1540. The first-order chi connectivity index (χ1) is 18.7. The number of rotatable bonds is 10. The number of halogens is 2. The van der Waals surface area contributed by atoms with E-state index in [0.717, 1.165) is 10.1 Å². The smallest absolute Gasteiger partial charge is 0.352 e. The van der Waals surface area contributed by atoms with Gasteiger partial charge in [0.1, 0.15) is 16.7 Å². The number of benzene rings is 2. The van der Waals surface area contributed by atoms with Crippen LogP contribution in [0.4, 0.5) is 4.39 Å². The van der Waals surface area contributed by atoms with Crippen molar-refractivity contribution in [3.05, 3.63) is 92.4 Å². The molecule has 0 radical (unpaired) electrons. The molecule has 1 amide bonds. The molecule has 0 spiro atoms. The maximum Gasteiger partial charge on any atom is 0.352 e. The van der Waals surface area contributed by atoms with Crippen molar-refractivity contribution in [2.45, 2.75) is 39.8 Å². The number of amides is 1. The molecule has 0 saturated carbocycles. The summed E-state index contributed by atoms with van der Waals surface area (Å²) >= 11 is 6.49. The predicted octanol–water partition coefficient (Wildman–Crippen LogP) is 4.24. The van der Waals surface area contributed by atoms with Crippen LogP contribution >= 0.6 is 11.6 Å². The number of hydrogen-bond donors (Lipinski definition) is 1. The first kappa shape index (κ1) is 28.3. The fraction of sp³-hybridized carbons (Fsp3) is 0.357. The van der Waals surface area contributed by atoms with Crippen LogP contribution in [-0.4, -0.2) is 50.2 Å². The molecule has 0 saturated heterocycles. The Hall–Kier alpha value is -3.76. The topological polar surface area (TPSA) is 108 Å². The molecule has 1 atom stereocenters. The van der Waals surface area contributed by atoms with Crippen LogP contribution in [0.2, 0.25) is 5.02 Å². The summed E-state index contributed by atoms with van der Waals surface area (Å²) in [7, 11) is 1.40. The molecular weight excluding hydrogens is 523 g/mol. The molecule has 39 heavy (non-hydrogen) atoms. The summed E-state index contributed by atoms with van der Waals surface area (Å²) in [6.07, 6.45) is 0.467. The van der Waals surface area contributed by atoms with E-state index in [1.807, 2.05) is 44.2 Å². The Morgan fingerprint density at radius 1 is 1.21 bits per heavy atom. The average molecular weight is 555 g/mol. The van der Waals surface area contributed by atoms with Gasteiger partial charge in [-0.05, 0) is 49.1 Å². The third-order valence-corrected chi connectivity index (χ3v) is 6.84. The van der Waals surface area contributed by atoms with E-state index in [-0.39, 0.29) is 41.1 Å². The van der Waals surface area contributed by atoms with E-state index < -0.39 is 23.5 Å². The minimum atomic E-state index is -0.719. The summed E-state index contributed by atoms with van der Waals surface area (Å²) in [5.41, 5.74) is 6.91. The summed E-state index contributed by atoms with van der Waals surface area (Å²) in [4.78, 5) is 34.1. The van der Waals surface area contributed by atoms with E-state index in [1.165, 1.54) is 23.8 Å². The summed E-state index contributed by atoms with van der Waals surface area (Å²) in [6.45, 7) is 6.31. The molecule has 4 rings (SSSR count). The number of methoxy groups -OCH3 is 1. The van der Waals surface area contributed by atoms with E-state index in [4.69, 9.17) is 27.1 Å². The first-order valence-corrected chi connectivity index (χ1v) is 13.1. The maximum absolute atomic E-state index is 15.0. The number of hydrogen-bond acceptors (Lipinski definition) is 6. The van der Waals surface area contributed by atoms with Crippen molar-refractivity contribution in [3.63, 3.8) is 0 Å². The highest BCUT2D eigenvalue weighted by Crippen LogP contribution is 2.32. The van der Waals surface area contributed by atoms with Crippen molar-refractivity contribution >= 4 is 23.2 Å². The molecule has 2 aromatic carbocycles. The van der Waals surface area contributed by atoms with Crippen LogP contribution in [0.1, 0.15) is 53.6 Å². The second kappa shape index (κ2) is 12.0. The Kier molecular flexibility index (Phi) is 8.66. The standard InChI is InChI=1S/C28H32ClFN6O3/c1-17(2)23(34(14-8-13-31)27(37)20-12-11-18(3)15-21(20)30)25-32-24-22(29)26(39-4)33-36(24)28(38)35(25)16-19-9-6-5-7-10-19/h5-7,9-12,15,17,23H,8,13-14,16,31H2,1-4H3/t23-/m0/s1. The highest BCUT2D eigenvalue weighted by atomic mass is 35.5. The molecule has 4 aromatic rings. The molecule has 0 aliphatic heterocycles. The van der Waals surface area contributed by atoms with Crippen LogP contribution in [0.5, 0.6) is 5.88 Å². The van der Waals surface area contributed by atoms with Gasteiger partial charge in [-0.2, -0.15) is 4.52 Å². The number of nitrogens with two attached hydrogens (primary N) is 1. The molecule has 0 fully saturated rings. The minimum absolute atomic E-state index is 0.0589. The predicted molar refractivity (Wildman–Crippen MR) is 148 cm³/mol. The van der Waals surface area contributed by atoms with Crippen molar-refractivity contribution in [3.8, 4) is 5.88 Å². The van der Waals surface area contributed by atoms with Crippen molar-refractivity contribution in [2.24, 2.45) is 11.7 Å². The monoisotopic (exact) mass is 554 g/mol. The van der Waals surface area contributed by atoms with Gasteiger partial charge in [-0.15, -0.1) is 5.10 Å². The number of aromatic nitrogens is 4. The molecule has 9 nitrogen and oxygen atoms in total. The third-order valence-electron chi connectivity index (χ3n) is 6.51. The molecule has 2 heterocycles. The van der Waals surface area contributed by atoms with E-state index in [2.05, 4.69) is 5.10 Å². The van der Waals surface area contributed by atoms with E-state index >= 15 is 0 Å². The van der Waals surface area contributed by atoms with Gasteiger partial charge in [0.15, 0.2) is 5.65 Å². The fourth-order valence-electron chi connectivity index (χ4n) is 4.63. The lowest BCUT2D eigenvalue weighted by atomic mass is 9.99. The lowest BCUT2D eigenvalue weighted by Gasteiger charge is -2.35.